The Hall–Kier alpha value is -3.14. The summed E-state index contributed by atoms with van der Waals surface area (Å²) in [6.45, 7) is 5.31. The molecule has 0 bridgehead atoms. The van der Waals surface area contributed by atoms with Gasteiger partial charge in [-0.3, -0.25) is 9.48 Å². The Morgan fingerprint density at radius 3 is 2.36 bits per heavy atom. The second kappa shape index (κ2) is 10.5. The van der Waals surface area contributed by atoms with Crippen LogP contribution in [0.1, 0.15) is 47.2 Å². The minimum Gasteiger partial charge on any atom is -0.484 e. The van der Waals surface area contributed by atoms with Crippen LogP contribution < -0.4 is 10.1 Å². The zero-order chi connectivity index (χ0) is 25.9. The zero-order valence-electron chi connectivity index (χ0n) is 20.7. The molecule has 1 aliphatic carbocycles. The summed E-state index contributed by atoms with van der Waals surface area (Å²) >= 11 is 0. The molecular weight excluding hydrogens is 485 g/mol. The van der Waals surface area contributed by atoms with Gasteiger partial charge in [0.2, 0.25) is 5.91 Å². The van der Waals surface area contributed by atoms with Crippen LogP contribution in [0.2, 0.25) is 19.6 Å². The van der Waals surface area contributed by atoms with Crippen molar-refractivity contribution in [3.05, 3.63) is 77.1 Å². The largest absolute Gasteiger partial charge is 0.484 e. The van der Waals surface area contributed by atoms with Crippen LogP contribution in [0.3, 0.4) is 0 Å². The molecule has 1 amide bonds. The van der Waals surface area contributed by atoms with Crippen LogP contribution in [0.25, 0.3) is 0 Å². The van der Waals surface area contributed by atoms with E-state index in [0.717, 1.165) is 11.7 Å². The van der Waals surface area contributed by atoms with Crippen molar-refractivity contribution in [3.63, 3.8) is 0 Å². The van der Waals surface area contributed by atoms with Crippen LogP contribution in [-0.2, 0) is 17.4 Å². The van der Waals surface area contributed by atoms with E-state index in [4.69, 9.17) is 4.74 Å². The van der Waals surface area contributed by atoms with Crippen LogP contribution in [-0.4, -0.2) is 41.8 Å². The predicted octanol–water partition coefficient (Wildman–Crippen LogP) is 5.42. The van der Waals surface area contributed by atoms with E-state index in [2.05, 4.69) is 47.4 Å². The molecule has 1 aliphatic rings. The number of benzene rings is 2. The van der Waals surface area contributed by atoms with Gasteiger partial charge in [0.05, 0.1) is 26.7 Å². The fourth-order valence-electron chi connectivity index (χ4n) is 3.98. The lowest BCUT2D eigenvalue weighted by Crippen LogP contribution is -2.31. The fourth-order valence-corrected chi connectivity index (χ4v) is 5.11. The lowest BCUT2D eigenvalue weighted by atomic mass is 10.0. The summed E-state index contributed by atoms with van der Waals surface area (Å²) in [5.74, 6) is 0.565. The Morgan fingerprint density at radius 2 is 1.78 bits per heavy atom. The second-order valence-corrected chi connectivity index (χ2v) is 16.0. The number of nitrogens with one attached hydrogen (secondary N) is 1. The highest BCUT2D eigenvalue weighted by molar-refractivity contribution is 6.74. The second-order valence-electron chi connectivity index (χ2n) is 10.6. The number of halogens is 3. The van der Waals surface area contributed by atoms with Crippen molar-refractivity contribution in [1.29, 1.82) is 0 Å². The van der Waals surface area contributed by atoms with Gasteiger partial charge in [-0.1, -0.05) is 61.3 Å². The van der Waals surface area contributed by atoms with Gasteiger partial charge in [-0.2, -0.15) is 13.2 Å². The third-order valence-electron chi connectivity index (χ3n) is 5.80. The van der Waals surface area contributed by atoms with E-state index >= 15 is 0 Å². The number of alkyl halides is 3. The van der Waals surface area contributed by atoms with Crippen molar-refractivity contribution in [2.45, 2.75) is 63.2 Å². The van der Waals surface area contributed by atoms with Gasteiger partial charge < -0.3 is 10.1 Å². The van der Waals surface area contributed by atoms with Gasteiger partial charge in [0.25, 0.3) is 0 Å². The highest BCUT2D eigenvalue weighted by atomic mass is 28.3. The van der Waals surface area contributed by atoms with Crippen molar-refractivity contribution in [2.24, 2.45) is 0 Å². The summed E-state index contributed by atoms with van der Waals surface area (Å²) in [6.07, 6.45) is 0.831. The van der Waals surface area contributed by atoms with Gasteiger partial charge in [0.15, 0.2) is 6.61 Å². The molecule has 0 saturated heterocycles. The number of carbonyl (C=O) groups is 1. The van der Waals surface area contributed by atoms with E-state index in [9.17, 15) is 18.0 Å². The molecule has 0 radical (unpaired) electrons. The maximum Gasteiger partial charge on any atom is 0.422 e. The maximum atomic E-state index is 13.0. The number of carbonyl (C=O) groups excluding carboxylic acids is 1. The van der Waals surface area contributed by atoms with Gasteiger partial charge in [-0.15, -0.1) is 5.10 Å². The SMILES string of the molecule is C[Si](C)(C)Cn1cc([C@@H](NC(=O)Cc2ccc(C3CC3)cc2)c2ccc(OCC(F)(F)F)cc2)nn1. The Bertz CT molecular complexity index is 1170. The third kappa shape index (κ3) is 7.68. The van der Waals surface area contributed by atoms with E-state index in [0.29, 0.717) is 17.2 Å². The molecule has 0 unspecified atom stereocenters. The molecular formula is C26H31F3N4O2Si. The molecule has 4 rings (SSSR count). The van der Waals surface area contributed by atoms with Gasteiger partial charge in [-0.05, 0) is 47.6 Å². The van der Waals surface area contributed by atoms with Crippen molar-refractivity contribution in [3.8, 4) is 5.75 Å². The monoisotopic (exact) mass is 516 g/mol. The lowest BCUT2D eigenvalue weighted by molar-refractivity contribution is -0.153. The number of aromatic nitrogens is 3. The number of ether oxygens (including phenoxy) is 1. The predicted molar refractivity (Wildman–Crippen MR) is 133 cm³/mol. The van der Waals surface area contributed by atoms with Crippen molar-refractivity contribution in [1.82, 2.24) is 20.3 Å². The van der Waals surface area contributed by atoms with Crippen LogP contribution in [0.4, 0.5) is 13.2 Å². The quantitative estimate of drug-likeness (QED) is 0.365. The number of hydrogen-bond acceptors (Lipinski definition) is 4. The molecule has 1 aromatic heterocycles. The van der Waals surface area contributed by atoms with Gasteiger partial charge in [0.1, 0.15) is 11.4 Å². The number of nitrogens with zero attached hydrogens (tertiary/aromatic N) is 3. The first-order chi connectivity index (χ1) is 16.9. The highest BCUT2D eigenvalue weighted by Crippen LogP contribution is 2.39. The van der Waals surface area contributed by atoms with Gasteiger partial charge in [-0.25, -0.2) is 0 Å². The van der Waals surface area contributed by atoms with E-state index in [1.807, 2.05) is 18.3 Å². The van der Waals surface area contributed by atoms with E-state index in [1.165, 1.54) is 30.5 Å². The van der Waals surface area contributed by atoms with Crippen molar-refractivity contribution < 1.29 is 22.7 Å². The molecule has 3 aromatic rings. The first-order valence-electron chi connectivity index (χ1n) is 12.0. The summed E-state index contributed by atoms with van der Waals surface area (Å²) < 4.78 is 44.1. The molecule has 192 valence electrons. The van der Waals surface area contributed by atoms with Gasteiger partial charge >= 0.3 is 6.18 Å². The summed E-state index contributed by atoms with van der Waals surface area (Å²) in [5.41, 5.74) is 3.46. The van der Waals surface area contributed by atoms with Crippen molar-refractivity contribution >= 4 is 14.0 Å². The smallest absolute Gasteiger partial charge is 0.422 e. The summed E-state index contributed by atoms with van der Waals surface area (Å²) in [5, 5.41) is 11.6. The molecule has 0 aliphatic heterocycles. The Morgan fingerprint density at radius 1 is 1.11 bits per heavy atom. The Labute approximate surface area is 209 Å². The number of hydrogen-bond donors (Lipinski definition) is 1. The van der Waals surface area contributed by atoms with E-state index in [1.54, 1.807) is 16.8 Å². The first-order valence-corrected chi connectivity index (χ1v) is 15.7. The highest BCUT2D eigenvalue weighted by Gasteiger charge is 2.29. The van der Waals surface area contributed by atoms with Crippen LogP contribution in [0, 0.1) is 0 Å². The molecule has 0 spiro atoms. The van der Waals surface area contributed by atoms with Crippen LogP contribution in [0.5, 0.6) is 5.75 Å². The molecule has 1 saturated carbocycles. The number of amides is 1. The summed E-state index contributed by atoms with van der Waals surface area (Å²) in [4.78, 5) is 13.0. The van der Waals surface area contributed by atoms with Crippen LogP contribution >= 0.6 is 0 Å². The third-order valence-corrected chi connectivity index (χ3v) is 7.08. The lowest BCUT2D eigenvalue weighted by Gasteiger charge is -2.18. The zero-order valence-corrected chi connectivity index (χ0v) is 21.7. The molecule has 1 N–H and O–H groups in total. The molecule has 10 heteroatoms. The molecule has 1 fully saturated rings. The number of rotatable bonds is 10. The fraction of sp³-hybridized carbons (Fsp3) is 0.423. The van der Waals surface area contributed by atoms with E-state index < -0.39 is 26.9 Å². The molecule has 1 heterocycles. The Kier molecular flexibility index (Phi) is 7.53. The minimum atomic E-state index is -4.42. The van der Waals surface area contributed by atoms with Gasteiger partial charge in [0, 0.05) is 6.17 Å². The first kappa shape index (κ1) is 25.9. The van der Waals surface area contributed by atoms with Crippen molar-refractivity contribution in [2.75, 3.05) is 6.61 Å². The molecule has 2 aromatic carbocycles. The summed E-state index contributed by atoms with van der Waals surface area (Å²) in [6, 6.07) is 13.7. The normalized spacial score (nSPS) is 14.9. The maximum absolute atomic E-state index is 13.0. The molecule has 6 nitrogen and oxygen atoms in total. The molecule has 36 heavy (non-hydrogen) atoms. The topological polar surface area (TPSA) is 69.0 Å². The average Bonchev–Trinajstić information content (AvgIpc) is 3.55. The molecule has 1 atom stereocenters. The Balaban J connectivity index is 1.50. The van der Waals surface area contributed by atoms with E-state index in [-0.39, 0.29) is 18.1 Å². The average molecular weight is 517 g/mol. The summed E-state index contributed by atoms with van der Waals surface area (Å²) in [7, 11) is -1.46. The van der Waals surface area contributed by atoms with Crippen LogP contribution in [0.15, 0.2) is 54.7 Å². The standard InChI is InChI=1S/C26H31F3N4O2Si/c1-36(2,3)17-33-15-23(31-32-33)25(21-10-12-22(13-11-21)35-16-26(27,28)29)30-24(34)14-18-4-6-19(7-5-18)20-8-9-20/h4-7,10-13,15,20,25H,8-9,14,16-17H2,1-3H3,(H,30,34)/t25-/m0/s1. The minimum absolute atomic E-state index is 0.0966.